The van der Waals surface area contributed by atoms with E-state index in [2.05, 4.69) is 6.58 Å². The molecule has 2 nitrogen and oxygen atoms in total. The van der Waals surface area contributed by atoms with Gasteiger partial charge in [-0.05, 0) is 31.6 Å². The van der Waals surface area contributed by atoms with Gasteiger partial charge in [-0.3, -0.25) is 0 Å². The predicted molar refractivity (Wildman–Crippen MR) is 46.5 cm³/mol. The molecule has 2 rings (SSSR count). The Labute approximate surface area is 73.2 Å². The van der Waals surface area contributed by atoms with Crippen molar-refractivity contribution in [1.82, 2.24) is 0 Å². The van der Waals surface area contributed by atoms with Gasteiger partial charge in [0.25, 0.3) is 0 Å². The average Bonchev–Trinajstić information content (AvgIpc) is 2.58. The quantitative estimate of drug-likeness (QED) is 0.636. The Hall–Kier alpha value is -0.500. The minimum absolute atomic E-state index is 0.0617. The first-order valence-electron chi connectivity index (χ1n) is 4.77. The van der Waals surface area contributed by atoms with Crippen LogP contribution in [0.5, 0.6) is 0 Å². The molecule has 0 radical (unpaired) electrons. The van der Waals surface area contributed by atoms with Crippen LogP contribution < -0.4 is 0 Å². The highest BCUT2D eigenvalue weighted by atomic mass is 16.5. The van der Waals surface area contributed by atoms with E-state index < -0.39 is 0 Å². The van der Waals surface area contributed by atoms with Crippen LogP contribution in [0.15, 0.2) is 12.8 Å². The van der Waals surface area contributed by atoms with Crippen LogP contribution in [-0.4, -0.2) is 17.3 Å². The molecule has 0 saturated heterocycles. The van der Waals surface area contributed by atoms with Gasteiger partial charge in [-0.2, -0.15) is 0 Å². The zero-order valence-electron chi connectivity index (χ0n) is 7.28. The van der Waals surface area contributed by atoms with Crippen molar-refractivity contribution >= 4 is 0 Å². The molecule has 2 fully saturated rings. The second kappa shape index (κ2) is 3.09. The first kappa shape index (κ1) is 8.11. The van der Waals surface area contributed by atoms with Crippen molar-refractivity contribution in [2.24, 2.45) is 11.8 Å². The largest absolute Gasteiger partial charge is 0.498 e. The Balaban J connectivity index is 2.00. The van der Waals surface area contributed by atoms with Gasteiger partial charge < -0.3 is 9.84 Å². The summed E-state index contributed by atoms with van der Waals surface area (Å²) in [5, 5.41) is 9.60. The van der Waals surface area contributed by atoms with Crippen LogP contribution >= 0.6 is 0 Å². The highest BCUT2D eigenvalue weighted by molar-refractivity contribution is 4.95. The summed E-state index contributed by atoms with van der Waals surface area (Å²) in [6, 6.07) is 0. The van der Waals surface area contributed by atoms with Gasteiger partial charge in [-0.15, -0.1) is 0 Å². The van der Waals surface area contributed by atoms with Crippen molar-refractivity contribution in [3.8, 4) is 0 Å². The molecule has 68 valence electrons. The Morgan fingerprint density at radius 3 is 2.67 bits per heavy atom. The number of hydrogen-bond acceptors (Lipinski definition) is 2. The molecule has 4 atom stereocenters. The number of rotatable bonds is 2. The molecule has 4 unspecified atom stereocenters. The maximum atomic E-state index is 9.60. The molecule has 2 aliphatic rings. The zero-order chi connectivity index (χ0) is 8.55. The average molecular weight is 168 g/mol. The minimum atomic E-state index is -0.0617. The van der Waals surface area contributed by atoms with Crippen LogP contribution in [0.4, 0.5) is 0 Å². The molecular formula is C10H16O2. The van der Waals surface area contributed by atoms with Crippen molar-refractivity contribution in [3.63, 3.8) is 0 Å². The number of aliphatic hydroxyl groups excluding tert-OH is 1. The fourth-order valence-corrected chi connectivity index (χ4v) is 2.81. The van der Waals surface area contributed by atoms with Crippen molar-refractivity contribution in [2.45, 2.75) is 37.9 Å². The van der Waals surface area contributed by atoms with Crippen molar-refractivity contribution in [2.75, 3.05) is 0 Å². The third-order valence-electron chi connectivity index (χ3n) is 3.37. The first-order valence-corrected chi connectivity index (χ1v) is 4.77. The Kier molecular flexibility index (Phi) is 2.09. The van der Waals surface area contributed by atoms with Crippen LogP contribution in [0.1, 0.15) is 25.7 Å². The van der Waals surface area contributed by atoms with Gasteiger partial charge in [0.15, 0.2) is 0 Å². The van der Waals surface area contributed by atoms with E-state index in [0.717, 1.165) is 25.7 Å². The normalized spacial score (nSPS) is 45.8. The van der Waals surface area contributed by atoms with Crippen LogP contribution in [0.25, 0.3) is 0 Å². The molecule has 2 aliphatic carbocycles. The lowest BCUT2D eigenvalue weighted by Crippen LogP contribution is -2.19. The van der Waals surface area contributed by atoms with Gasteiger partial charge in [0.2, 0.25) is 0 Å². The van der Waals surface area contributed by atoms with E-state index in [4.69, 9.17) is 4.74 Å². The maximum Gasteiger partial charge on any atom is 0.101 e. The summed E-state index contributed by atoms with van der Waals surface area (Å²) < 4.78 is 5.42. The minimum Gasteiger partial charge on any atom is -0.498 e. The lowest BCUT2D eigenvalue weighted by Gasteiger charge is -2.17. The second-order valence-electron chi connectivity index (χ2n) is 3.89. The number of fused-ring (bicyclic) bond motifs is 1. The van der Waals surface area contributed by atoms with Crippen LogP contribution in [-0.2, 0) is 4.74 Å². The monoisotopic (exact) mass is 168 g/mol. The van der Waals surface area contributed by atoms with E-state index in [0.29, 0.717) is 17.9 Å². The third-order valence-corrected chi connectivity index (χ3v) is 3.37. The smallest absolute Gasteiger partial charge is 0.101 e. The predicted octanol–water partition coefficient (Wildman–Crippen LogP) is 1.70. The number of aliphatic hydroxyl groups is 1. The van der Waals surface area contributed by atoms with Gasteiger partial charge >= 0.3 is 0 Å². The molecule has 0 aliphatic heterocycles. The first-order chi connectivity index (χ1) is 5.83. The summed E-state index contributed by atoms with van der Waals surface area (Å²) in [7, 11) is 0. The van der Waals surface area contributed by atoms with Gasteiger partial charge in [-0.25, -0.2) is 0 Å². The lowest BCUT2D eigenvalue weighted by molar-refractivity contribution is 0.0862. The molecule has 0 spiro atoms. The third kappa shape index (κ3) is 1.14. The highest BCUT2D eigenvalue weighted by Crippen LogP contribution is 2.45. The fourth-order valence-electron chi connectivity index (χ4n) is 2.81. The van der Waals surface area contributed by atoms with Crippen LogP contribution in [0.3, 0.4) is 0 Å². The molecule has 2 saturated carbocycles. The van der Waals surface area contributed by atoms with E-state index in [1.807, 2.05) is 0 Å². The molecule has 12 heavy (non-hydrogen) atoms. The van der Waals surface area contributed by atoms with E-state index in [-0.39, 0.29) is 6.10 Å². The van der Waals surface area contributed by atoms with Crippen LogP contribution in [0, 0.1) is 11.8 Å². The fraction of sp³-hybridized carbons (Fsp3) is 0.800. The molecule has 0 bridgehead atoms. The molecule has 2 heteroatoms. The topological polar surface area (TPSA) is 29.5 Å². The van der Waals surface area contributed by atoms with Gasteiger partial charge in [0.05, 0.1) is 12.4 Å². The van der Waals surface area contributed by atoms with E-state index in [9.17, 15) is 5.11 Å². The summed E-state index contributed by atoms with van der Waals surface area (Å²) in [5.74, 6) is 1.10. The summed E-state index contributed by atoms with van der Waals surface area (Å²) in [4.78, 5) is 0. The molecular weight excluding hydrogens is 152 g/mol. The number of hydrogen-bond donors (Lipinski definition) is 1. The zero-order valence-corrected chi connectivity index (χ0v) is 7.28. The van der Waals surface area contributed by atoms with E-state index in [1.54, 1.807) is 0 Å². The molecule has 1 N–H and O–H groups in total. The highest BCUT2D eigenvalue weighted by Gasteiger charge is 2.44. The molecule has 0 amide bonds. The number of ether oxygens (including phenoxy) is 1. The summed E-state index contributed by atoms with van der Waals surface area (Å²) in [6.45, 7) is 3.57. The molecule has 0 heterocycles. The molecule has 0 aromatic rings. The van der Waals surface area contributed by atoms with E-state index in [1.165, 1.54) is 6.26 Å². The maximum absolute atomic E-state index is 9.60. The Morgan fingerprint density at radius 1 is 1.17 bits per heavy atom. The van der Waals surface area contributed by atoms with Gasteiger partial charge in [0.1, 0.15) is 6.10 Å². The molecule has 0 aromatic carbocycles. The van der Waals surface area contributed by atoms with Gasteiger partial charge in [0, 0.05) is 5.92 Å². The summed E-state index contributed by atoms with van der Waals surface area (Å²) in [5.41, 5.74) is 0. The van der Waals surface area contributed by atoms with Gasteiger partial charge in [-0.1, -0.05) is 6.58 Å². The van der Waals surface area contributed by atoms with E-state index >= 15 is 0 Å². The van der Waals surface area contributed by atoms with Crippen molar-refractivity contribution < 1.29 is 9.84 Å². The van der Waals surface area contributed by atoms with Crippen molar-refractivity contribution in [3.05, 3.63) is 12.8 Å². The Morgan fingerprint density at radius 2 is 1.92 bits per heavy atom. The summed E-state index contributed by atoms with van der Waals surface area (Å²) in [6.07, 6.45) is 6.13. The lowest BCUT2D eigenvalue weighted by atomic mass is 9.98. The van der Waals surface area contributed by atoms with Crippen molar-refractivity contribution in [1.29, 1.82) is 0 Å². The standard InChI is InChI=1S/C10H16O2/c1-2-12-10-6-4-7-8(10)3-5-9(7)11/h2,7-11H,1,3-6H2. The van der Waals surface area contributed by atoms with Crippen LogP contribution in [0.2, 0.25) is 0 Å². The Bertz CT molecular complexity index is 179. The second-order valence-corrected chi connectivity index (χ2v) is 3.89. The SMILES string of the molecule is C=COC1CCC2C(O)CCC12. The molecule has 0 aromatic heterocycles. The summed E-state index contributed by atoms with van der Waals surface area (Å²) >= 11 is 0.